The molecule has 1 rings (SSSR count). The van der Waals surface area contributed by atoms with Crippen molar-refractivity contribution in [3.8, 4) is 0 Å². The molecule has 0 radical (unpaired) electrons. The van der Waals surface area contributed by atoms with E-state index in [1.807, 2.05) is 6.92 Å². The van der Waals surface area contributed by atoms with E-state index in [0.29, 0.717) is 32.7 Å². The molecule has 1 amide bonds. The zero-order valence-corrected chi connectivity index (χ0v) is 10.1. The Kier molecular flexibility index (Phi) is 5.76. The molecule has 6 nitrogen and oxygen atoms in total. The Morgan fingerprint density at radius 1 is 1.41 bits per heavy atom. The number of carbonyl (C=O) groups is 2. The van der Waals surface area contributed by atoms with Gasteiger partial charge in [-0.25, -0.2) is 4.79 Å². The standard InChI is InChI=1S/C11H19NO5/c1-9(8-10(13)14)2-5-17-11(15)12-3-6-16-7-4-12/h9H,2-8H2,1H3,(H,13,14). The third-order valence-electron chi connectivity index (χ3n) is 2.63. The van der Waals surface area contributed by atoms with E-state index in [9.17, 15) is 9.59 Å². The molecule has 98 valence electrons. The van der Waals surface area contributed by atoms with E-state index in [0.717, 1.165) is 0 Å². The first-order valence-corrected chi connectivity index (χ1v) is 5.81. The molecule has 0 aromatic carbocycles. The summed E-state index contributed by atoms with van der Waals surface area (Å²) in [5, 5.41) is 8.57. The summed E-state index contributed by atoms with van der Waals surface area (Å²) in [6, 6.07) is 0. The highest BCUT2D eigenvalue weighted by Crippen LogP contribution is 2.08. The van der Waals surface area contributed by atoms with Gasteiger partial charge in [0.1, 0.15) is 0 Å². The molecular formula is C11H19NO5. The number of carbonyl (C=O) groups excluding carboxylic acids is 1. The number of carboxylic acid groups (broad SMARTS) is 1. The number of hydrogen-bond acceptors (Lipinski definition) is 4. The van der Waals surface area contributed by atoms with Gasteiger partial charge in [-0.1, -0.05) is 6.92 Å². The SMILES string of the molecule is CC(CCOC(=O)N1CCOCC1)CC(=O)O. The summed E-state index contributed by atoms with van der Waals surface area (Å²) in [6.45, 7) is 4.31. The highest BCUT2D eigenvalue weighted by Gasteiger charge is 2.18. The smallest absolute Gasteiger partial charge is 0.409 e. The second kappa shape index (κ2) is 7.11. The first-order chi connectivity index (χ1) is 8.09. The lowest BCUT2D eigenvalue weighted by Crippen LogP contribution is -2.41. The maximum Gasteiger partial charge on any atom is 0.409 e. The number of hydrogen-bond donors (Lipinski definition) is 1. The van der Waals surface area contributed by atoms with E-state index >= 15 is 0 Å². The molecule has 0 aromatic heterocycles. The van der Waals surface area contributed by atoms with Gasteiger partial charge in [0, 0.05) is 19.5 Å². The van der Waals surface area contributed by atoms with Gasteiger partial charge in [0.2, 0.25) is 0 Å². The molecule has 0 aromatic rings. The number of rotatable bonds is 5. The van der Waals surface area contributed by atoms with Crippen LogP contribution in [-0.2, 0) is 14.3 Å². The molecule has 0 aliphatic carbocycles. The van der Waals surface area contributed by atoms with E-state index in [1.165, 1.54) is 0 Å². The second-order valence-corrected chi connectivity index (χ2v) is 4.21. The Bertz CT molecular complexity index is 263. The lowest BCUT2D eigenvalue weighted by atomic mass is 10.1. The van der Waals surface area contributed by atoms with Crippen LogP contribution in [0.4, 0.5) is 4.79 Å². The van der Waals surface area contributed by atoms with Gasteiger partial charge < -0.3 is 19.5 Å². The van der Waals surface area contributed by atoms with Crippen molar-refractivity contribution in [2.45, 2.75) is 19.8 Å². The number of nitrogens with zero attached hydrogens (tertiary/aromatic N) is 1. The van der Waals surface area contributed by atoms with Crippen LogP contribution in [-0.4, -0.2) is 55.0 Å². The largest absolute Gasteiger partial charge is 0.481 e. The van der Waals surface area contributed by atoms with Gasteiger partial charge in [-0.3, -0.25) is 4.79 Å². The quantitative estimate of drug-likeness (QED) is 0.780. The minimum Gasteiger partial charge on any atom is -0.481 e. The van der Waals surface area contributed by atoms with Crippen molar-refractivity contribution in [3.63, 3.8) is 0 Å². The van der Waals surface area contributed by atoms with Gasteiger partial charge in [0.15, 0.2) is 0 Å². The van der Waals surface area contributed by atoms with Gasteiger partial charge in [-0.15, -0.1) is 0 Å². The average Bonchev–Trinajstić information content (AvgIpc) is 2.29. The minimum atomic E-state index is -0.822. The molecule has 1 aliphatic rings. The van der Waals surface area contributed by atoms with Gasteiger partial charge in [0.05, 0.1) is 19.8 Å². The van der Waals surface area contributed by atoms with Crippen LogP contribution in [0.3, 0.4) is 0 Å². The van der Waals surface area contributed by atoms with Crippen molar-refractivity contribution >= 4 is 12.1 Å². The molecule has 0 bridgehead atoms. The summed E-state index contributed by atoms with van der Waals surface area (Å²) in [5.74, 6) is -0.804. The molecule has 1 fully saturated rings. The maximum absolute atomic E-state index is 11.5. The third kappa shape index (κ3) is 5.53. The number of carboxylic acids is 1. The van der Waals surface area contributed by atoms with Crippen LogP contribution in [0, 0.1) is 5.92 Å². The third-order valence-corrected chi connectivity index (χ3v) is 2.63. The monoisotopic (exact) mass is 245 g/mol. The van der Waals surface area contributed by atoms with Crippen molar-refractivity contribution < 1.29 is 24.2 Å². The van der Waals surface area contributed by atoms with E-state index < -0.39 is 5.97 Å². The first-order valence-electron chi connectivity index (χ1n) is 5.81. The molecular weight excluding hydrogens is 226 g/mol. The summed E-state index contributed by atoms with van der Waals surface area (Å²) in [7, 11) is 0. The molecule has 1 saturated heterocycles. The van der Waals surface area contributed by atoms with Gasteiger partial charge >= 0.3 is 12.1 Å². The second-order valence-electron chi connectivity index (χ2n) is 4.21. The Morgan fingerprint density at radius 3 is 2.65 bits per heavy atom. The fourth-order valence-corrected chi connectivity index (χ4v) is 1.58. The van der Waals surface area contributed by atoms with Crippen LogP contribution in [0.2, 0.25) is 0 Å². The normalized spacial score (nSPS) is 17.6. The topological polar surface area (TPSA) is 76.1 Å². The molecule has 1 atom stereocenters. The number of ether oxygens (including phenoxy) is 2. The highest BCUT2D eigenvalue weighted by molar-refractivity contribution is 5.68. The first kappa shape index (κ1) is 13.8. The zero-order chi connectivity index (χ0) is 12.7. The molecule has 6 heteroatoms. The Hall–Kier alpha value is -1.30. The lowest BCUT2D eigenvalue weighted by molar-refractivity contribution is -0.138. The number of morpholine rings is 1. The van der Waals surface area contributed by atoms with Crippen molar-refractivity contribution in [2.24, 2.45) is 5.92 Å². The fraction of sp³-hybridized carbons (Fsp3) is 0.818. The van der Waals surface area contributed by atoms with E-state index in [1.54, 1.807) is 4.90 Å². The molecule has 17 heavy (non-hydrogen) atoms. The van der Waals surface area contributed by atoms with Crippen molar-refractivity contribution in [1.29, 1.82) is 0 Å². The molecule has 1 aliphatic heterocycles. The molecule has 1 heterocycles. The predicted molar refractivity (Wildman–Crippen MR) is 59.8 cm³/mol. The fourth-order valence-electron chi connectivity index (χ4n) is 1.58. The lowest BCUT2D eigenvalue weighted by Gasteiger charge is -2.26. The average molecular weight is 245 g/mol. The van der Waals surface area contributed by atoms with Crippen molar-refractivity contribution in [3.05, 3.63) is 0 Å². The Morgan fingerprint density at radius 2 is 2.06 bits per heavy atom. The van der Waals surface area contributed by atoms with Crippen LogP contribution >= 0.6 is 0 Å². The summed E-state index contributed by atoms with van der Waals surface area (Å²) >= 11 is 0. The van der Waals surface area contributed by atoms with Crippen LogP contribution < -0.4 is 0 Å². The molecule has 1 unspecified atom stereocenters. The molecule has 1 N–H and O–H groups in total. The van der Waals surface area contributed by atoms with Crippen molar-refractivity contribution in [2.75, 3.05) is 32.9 Å². The zero-order valence-electron chi connectivity index (χ0n) is 10.1. The molecule has 0 saturated carbocycles. The number of amides is 1. The summed E-state index contributed by atoms with van der Waals surface area (Å²) < 4.78 is 10.2. The number of aliphatic carboxylic acids is 1. The maximum atomic E-state index is 11.5. The van der Waals surface area contributed by atoms with Crippen LogP contribution in [0.15, 0.2) is 0 Å². The van der Waals surface area contributed by atoms with Gasteiger partial charge in [-0.2, -0.15) is 0 Å². The van der Waals surface area contributed by atoms with E-state index in [-0.39, 0.29) is 25.0 Å². The van der Waals surface area contributed by atoms with Gasteiger partial charge in [-0.05, 0) is 12.3 Å². The predicted octanol–water partition coefficient (Wildman–Crippen LogP) is 0.956. The van der Waals surface area contributed by atoms with E-state index in [4.69, 9.17) is 14.6 Å². The van der Waals surface area contributed by atoms with Crippen LogP contribution in [0.5, 0.6) is 0 Å². The van der Waals surface area contributed by atoms with Crippen LogP contribution in [0.1, 0.15) is 19.8 Å². The minimum absolute atomic E-state index is 0.0185. The summed E-state index contributed by atoms with van der Waals surface area (Å²) in [4.78, 5) is 23.6. The highest BCUT2D eigenvalue weighted by atomic mass is 16.6. The van der Waals surface area contributed by atoms with Gasteiger partial charge in [0.25, 0.3) is 0 Å². The van der Waals surface area contributed by atoms with Crippen LogP contribution in [0.25, 0.3) is 0 Å². The Labute approximate surface area is 100 Å². The van der Waals surface area contributed by atoms with E-state index in [2.05, 4.69) is 0 Å². The molecule has 0 spiro atoms. The Balaban J connectivity index is 2.12. The summed E-state index contributed by atoms with van der Waals surface area (Å²) in [5.41, 5.74) is 0. The summed E-state index contributed by atoms with van der Waals surface area (Å²) in [6.07, 6.45) is 0.341. The van der Waals surface area contributed by atoms with Crippen molar-refractivity contribution in [1.82, 2.24) is 4.90 Å².